The maximum Gasteiger partial charge on any atom is 0.251 e. The van der Waals surface area contributed by atoms with Gasteiger partial charge in [0.25, 0.3) is 5.91 Å². The first-order valence-corrected chi connectivity index (χ1v) is 10.7. The molecule has 3 saturated heterocycles. The zero-order valence-electron chi connectivity index (χ0n) is 16.6. The summed E-state index contributed by atoms with van der Waals surface area (Å²) in [7, 11) is 0. The minimum absolute atomic E-state index is 0.177. The lowest BCUT2D eigenvalue weighted by Gasteiger charge is -2.48. The molecule has 3 fully saturated rings. The number of piperidine rings is 2. The van der Waals surface area contributed by atoms with E-state index in [9.17, 15) is 9.59 Å². The Morgan fingerprint density at radius 1 is 1.18 bits per heavy atom. The van der Waals surface area contributed by atoms with Crippen LogP contribution in [0.2, 0.25) is 0 Å². The Hall–Kier alpha value is -1.95. The molecule has 28 heavy (non-hydrogen) atoms. The van der Waals surface area contributed by atoms with Crippen LogP contribution >= 0.6 is 0 Å². The van der Waals surface area contributed by atoms with Crippen LogP contribution in [0.25, 0.3) is 0 Å². The fourth-order valence-electron chi connectivity index (χ4n) is 4.87. The Morgan fingerprint density at radius 2 is 1.96 bits per heavy atom. The lowest BCUT2D eigenvalue weighted by atomic mass is 9.72. The predicted octanol–water partition coefficient (Wildman–Crippen LogP) is 2.42. The Labute approximate surface area is 167 Å². The number of aromatic nitrogens is 1. The topological polar surface area (TPSA) is 62.7 Å². The van der Waals surface area contributed by atoms with Gasteiger partial charge >= 0.3 is 0 Å². The number of rotatable bonds is 4. The van der Waals surface area contributed by atoms with Crippen molar-refractivity contribution in [3.05, 3.63) is 30.1 Å². The van der Waals surface area contributed by atoms with Crippen LogP contribution in [0.3, 0.4) is 0 Å². The maximum atomic E-state index is 12.7. The molecule has 3 aliphatic heterocycles. The van der Waals surface area contributed by atoms with Crippen molar-refractivity contribution in [3.63, 3.8) is 0 Å². The van der Waals surface area contributed by atoms with Gasteiger partial charge in [-0.1, -0.05) is 0 Å². The third kappa shape index (κ3) is 4.37. The highest BCUT2D eigenvalue weighted by Crippen LogP contribution is 2.40. The van der Waals surface area contributed by atoms with Crippen LogP contribution in [-0.4, -0.2) is 65.5 Å². The average molecular weight is 386 g/mol. The average Bonchev–Trinajstić information content (AvgIpc) is 2.76. The molecule has 1 atom stereocenters. The van der Waals surface area contributed by atoms with E-state index in [1.165, 1.54) is 5.56 Å². The molecule has 0 aliphatic carbocycles. The molecule has 2 amide bonds. The number of hydrogen-bond acceptors (Lipinski definition) is 4. The molecule has 4 rings (SSSR count). The summed E-state index contributed by atoms with van der Waals surface area (Å²) in [4.78, 5) is 33.3. The SMILES string of the molecule is O=C1CCC2(CCN(C(=O)C3CCCCO3)CC2)CN1CCc1ccncc1. The molecule has 4 heterocycles. The smallest absolute Gasteiger partial charge is 0.251 e. The lowest BCUT2D eigenvalue weighted by Crippen LogP contribution is -2.54. The quantitative estimate of drug-likeness (QED) is 0.799. The van der Waals surface area contributed by atoms with E-state index >= 15 is 0 Å². The predicted molar refractivity (Wildman–Crippen MR) is 106 cm³/mol. The number of carbonyl (C=O) groups is 2. The van der Waals surface area contributed by atoms with Gasteiger partial charge in [-0.15, -0.1) is 0 Å². The number of hydrogen-bond donors (Lipinski definition) is 0. The Morgan fingerprint density at radius 3 is 2.68 bits per heavy atom. The minimum Gasteiger partial charge on any atom is -0.368 e. The van der Waals surface area contributed by atoms with E-state index in [0.717, 1.165) is 71.1 Å². The number of nitrogens with zero attached hydrogens (tertiary/aromatic N) is 3. The summed E-state index contributed by atoms with van der Waals surface area (Å²) >= 11 is 0. The summed E-state index contributed by atoms with van der Waals surface area (Å²) < 4.78 is 5.69. The van der Waals surface area contributed by atoms with Crippen LogP contribution in [0, 0.1) is 5.41 Å². The van der Waals surface area contributed by atoms with Gasteiger partial charge in [-0.2, -0.15) is 0 Å². The molecule has 1 unspecified atom stereocenters. The molecule has 3 aliphatic rings. The second-order valence-electron chi connectivity index (χ2n) is 8.60. The van der Waals surface area contributed by atoms with Crippen LogP contribution in [0.1, 0.15) is 50.5 Å². The van der Waals surface area contributed by atoms with Crippen molar-refractivity contribution in [2.75, 3.05) is 32.8 Å². The van der Waals surface area contributed by atoms with E-state index in [4.69, 9.17) is 4.74 Å². The lowest BCUT2D eigenvalue weighted by molar-refractivity contribution is -0.151. The zero-order chi connectivity index (χ0) is 19.4. The van der Waals surface area contributed by atoms with E-state index < -0.39 is 0 Å². The highest BCUT2D eigenvalue weighted by molar-refractivity contribution is 5.81. The van der Waals surface area contributed by atoms with Crippen LogP contribution in [0.4, 0.5) is 0 Å². The van der Waals surface area contributed by atoms with Gasteiger partial charge in [-0.3, -0.25) is 14.6 Å². The number of amides is 2. The van der Waals surface area contributed by atoms with E-state index in [0.29, 0.717) is 13.0 Å². The molecule has 0 radical (unpaired) electrons. The largest absolute Gasteiger partial charge is 0.368 e. The monoisotopic (exact) mass is 385 g/mol. The van der Waals surface area contributed by atoms with Crippen LogP contribution < -0.4 is 0 Å². The number of likely N-dealkylation sites (tertiary alicyclic amines) is 2. The first kappa shape index (κ1) is 19.4. The van der Waals surface area contributed by atoms with Gasteiger partial charge in [0.05, 0.1) is 0 Å². The molecule has 1 aromatic rings. The van der Waals surface area contributed by atoms with Gasteiger partial charge in [0.1, 0.15) is 6.10 Å². The summed E-state index contributed by atoms with van der Waals surface area (Å²) in [6.07, 6.45) is 10.8. The summed E-state index contributed by atoms with van der Waals surface area (Å²) in [6.45, 7) is 3.90. The fourth-order valence-corrected chi connectivity index (χ4v) is 4.87. The molecule has 0 saturated carbocycles. The second kappa shape index (κ2) is 8.60. The molecule has 0 N–H and O–H groups in total. The normalized spacial score (nSPS) is 25.1. The molecule has 1 aromatic heterocycles. The molecule has 6 nitrogen and oxygen atoms in total. The van der Waals surface area contributed by atoms with Crippen molar-refractivity contribution in [1.29, 1.82) is 0 Å². The van der Waals surface area contributed by atoms with Gasteiger partial charge in [0.15, 0.2) is 0 Å². The van der Waals surface area contributed by atoms with Crippen molar-refractivity contribution in [3.8, 4) is 0 Å². The van der Waals surface area contributed by atoms with E-state index in [2.05, 4.69) is 4.98 Å². The number of carbonyl (C=O) groups excluding carboxylic acids is 2. The van der Waals surface area contributed by atoms with Crippen LogP contribution in [0.15, 0.2) is 24.5 Å². The van der Waals surface area contributed by atoms with Gasteiger partial charge < -0.3 is 14.5 Å². The molecule has 0 bridgehead atoms. The first-order valence-electron chi connectivity index (χ1n) is 10.7. The van der Waals surface area contributed by atoms with E-state index in [1.807, 2.05) is 21.9 Å². The van der Waals surface area contributed by atoms with Crippen LogP contribution in [-0.2, 0) is 20.7 Å². The highest BCUT2D eigenvalue weighted by atomic mass is 16.5. The van der Waals surface area contributed by atoms with Crippen molar-refractivity contribution in [2.45, 2.75) is 57.5 Å². The van der Waals surface area contributed by atoms with Crippen molar-refractivity contribution in [1.82, 2.24) is 14.8 Å². The van der Waals surface area contributed by atoms with Crippen molar-refractivity contribution < 1.29 is 14.3 Å². The maximum absolute atomic E-state index is 12.7. The molecule has 152 valence electrons. The minimum atomic E-state index is -0.229. The zero-order valence-corrected chi connectivity index (χ0v) is 16.6. The molecule has 1 spiro atoms. The van der Waals surface area contributed by atoms with Gasteiger partial charge in [-0.25, -0.2) is 0 Å². The Balaban J connectivity index is 1.31. The number of ether oxygens (including phenoxy) is 1. The molecular weight excluding hydrogens is 354 g/mol. The van der Waals surface area contributed by atoms with Crippen molar-refractivity contribution in [2.24, 2.45) is 5.41 Å². The van der Waals surface area contributed by atoms with Crippen LogP contribution in [0.5, 0.6) is 0 Å². The van der Waals surface area contributed by atoms with E-state index in [-0.39, 0.29) is 23.3 Å². The van der Waals surface area contributed by atoms with Gasteiger partial charge in [-0.05, 0) is 68.1 Å². The third-order valence-electron chi connectivity index (χ3n) is 6.76. The Kier molecular flexibility index (Phi) is 5.95. The summed E-state index contributed by atoms with van der Waals surface area (Å²) in [5.74, 6) is 0.449. The molecular formula is C22H31N3O3. The highest BCUT2D eigenvalue weighted by Gasteiger charge is 2.42. The first-order chi connectivity index (χ1) is 13.7. The van der Waals surface area contributed by atoms with Gasteiger partial charge in [0, 0.05) is 51.6 Å². The second-order valence-corrected chi connectivity index (χ2v) is 8.60. The fraction of sp³-hybridized carbons (Fsp3) is 0.682. The van der Waals surface area contributed by atoms with Gasteiger partial charge in [0.2, 0.25) is 5.91 Å². The third-order valence-corrected chi connectivity index (χ3v) is 6.76. The number of pyridine rings is 1. The van der Waals surface area contributed by atoms with E-state index in [1.54, 1.807) is 12.4 Å². The molecule has 6 heteroatoms. The standard InChI is InChI=1S/C22H31N3O3/c26-20-4-8-22(17-25(20)13-7-18-5-11-23-12-6-18)9-14-24(15-10-22)21(27)19-3-1-2-16-28-19/h5-6,11-12,19H,1-4,7-10,13-17H2. The summed E-state index contributed by atoms with van der Waals surface area (Å²) in [6, 6.07) is 4.03. The van der Waals surface area contributed by atoms with Crippen molar-refractivity contribution >= 4 is 11.8 Å². The molecule has 0 aromatic carbocycles. The Bertz CT molecular complexity index is 680. The summed E-state index contributed by atoms with van der Waals surface area (Å²) in [5, 5.41) is 0. The summed E-state index contributed by atoms with van der Waals surface area (Å²) in [5.41, 5.74) is 1.39.